The first-order chi connectivity index (χ1) is 22.0. The van der Waals surface area contributed by atoms with Crippen LogP contribution >= 0.6 is 0 Å². The van der Waals surface area contributed by atoms with Crippen LogP contribution in [0.25, 0.3) is 0 Å². The van der Waals surface area contributed by atoms with Crippen molar-refractivity contribution in [2.75, 3.05) is 20.3 Å². The van der Waals surface area contributed by atoms with Crippen LogP contribution < -0.4 is 0 Å². The van der Waals surface area contributed by atoms with Crippen molar-refractivity contribution in [1.29, 1.82) is 0 Å². The van der Waals surface area contributed by atoms with Gasteiger partial charge in [0.1, 0.15) is 36.6 Å². The number of ether oxygens (including phenoxy) is 5. The summed E-state index contributed by atoms with van der Waals surface area (Å²) in [5, 5.41) is 64.4. The van der Waals surface area contributed by atoms with Crippen molar-refractivity contribution in [1.82, 2.24) is 0 Å². The third-order valence-electron chi connectivity index (χ3n) is 11.6. The average molecular weight is 667 g/mol. The van der Waals surface area contributed by atoms with Crippen LogP contribution in [0.3, 0.4) is 0 Å². The van der Waals surface area contributed by atoms with Crippen molar-refractivity contribution in [3.05, 3.63) is 23.0 Å². The molecule has 15 unspecified atom stereocenters. The van der Waals surface area contributed by atoms with E-state index in [4.69, 9.17) is 23.7 Å². The topological polar surface area (TPSA) is 236 Å². The first kappa shape index (κ1) is 34.1. The Morgan fingerprint density at radius 3 is 2.34 bits per heavy atom. The normalized spacial score (nSPS) is 48.6. The zero-order valence-electron chi connectivity index (χ0n) is 26.7. The van der Waals surface area contributed by atoms with Gasteiger partial charge in [-0.05, 0) is 37.8 Å². The summed E-state index contributed by atoms with van der Waals surface area (Å²) in [5.74, 6) is -7.36. The van der Waals surface area contributed by atoms with Crippen molar-refractivity contribution in [2.45, 2.75) is 95.2 Å². The summed E-state index contributed by atoms with van der Waals surface area (Å²) < 4.78 is 28.5. The number of hydrogen-bond acceptors (Lipinski definition) is 15. The van der Waals surface area contributed by atoms with E-state index in [9.17, 15) is 49.8 Å². The van der Waals surface area contributed by atoms with Gasteiger partial charge in [-0.2, -0.15) is 0 Å². The molecule has 5 fully saturated rings. The molecule has 3 heterocycles. The SMILES string of the molecule is COC(=O)C12OCC34C(OC(=O)CC13)C(C(=O)C=C(C)C)C1C(C)=C(OC3OC(CO)C(O)C(O)C3O)C(=O)CC1(C)C4C(O)C2O. The Balaban J connectivity index is 1.54. The fourth-order valence-corrected chi connectivity index (χ4v) is 10.0. The fourth-order valence-electron chi connectivity index (χ4n) is 10.0. The summed E-state index contributed by atoms with van der Waals surface area (Å²) in [5.41, 5.74) is -4.01. The molecular weight excluding hydrogens is 624 g/mol. The molecule has 0 aromatic rings. The molecule has 3 saturated heterocycles. The van der Waals surface area contributed by atoms with Crippen molar-refractivity contribution in [2.24, 2.45) is 34.5 Å². The Hall–Kier alpha value is -2.76. The lowest BCUT2D eigenvalue weighted by atomic mass is 9.36. The minimum Gasteiger partial charge on any atom is -0.467 e. The second-order valence-corrected chi connectivity index (χ2v) is 14.3. The van der Waals surface area contributed by atoms with Gasteiger partial charge in [0, 0.05) is 29.6 Å². The van der Waals surface area contributed by atoms with E-state index in [1.807, 2.05) is 0 Å². The number of carbonyl (C=O) groups excluding carboxylic acids is 4. The van der Waals surface area contributed by atoms with E-state index in [1.165, 1.54) is 13.0 Å². The standard InChI is InChI=1S/C32H42O15/c1-11(2)6-13(34)18-19-12(3)24(47-28-22(39)21(38)20(37)15(9-33)45-28)14(35)8-30(19,4)25-23(40)26(41)32(29(42)43-5)16-7-17(36)46-27(18)31(16,25)10-44-32/h6,15-16,18-23,25-28,33,37-41H,7-10H2,1-5H3. The van der Waals surface area contributed by atoms with Crippen LogP contribution in [0, 0.1) is 34.5 Å². The van der Waals surface area contributed by atoms with Gasteiger partial charge in [-0.25, -0.2) is 4.79 Å². The van der Waals surface area contributed by atoms with Gasteiger partial charge >= 0.3 is 11.9 Å². The summed E-state index contributed by atoms with van der Waals surface area (Å²) in [4.78, 5) is 55.0. The molecular formula is C32H42O15. The molecule has 6 aliphatic rings. The number of esters is 2. The minimum atomic E-state index is -2.13. The van der Waals surface area contributed by atoms with Crippen LogP contribution in [0.4, 0.5) is 0 Å². The maximum absolute atomic E-state index is 14.3. The molecule has 3 aliphatic carbocycles. The van der Waals surface area contributed by atoms with Gasteiger partial charge in [0.2, 0.25) is 6.29 Å². The van der Waals surface area contributed by atoms with Gasteiger partial charge in [0.15, 0.2) is 22.9 Å². The van der Waals surface area contributed by atoms with Crippen molar-refractivity contribution in [3.63, 3.8) is 0 Å². The largest absolute Gasteiger partial charge is 0.467 e. The van der Waals surface area contributed by atoms with E-state index in [-0.39, 0.29) is 30.8 Å². The van der Waals surface area contributed by atoms with Gasteiger partial charge < -0.3 is 54.3 Å². The summed E-state index contributed by atoms with van der Waals surface area (Å²) in [6.45, 7) is 5.63. The maximum Gasteiger partial charge on any atom is 0.341 e. The van der Waals surface area contributed by atoms with Crippen LogP contribution in [0.2, 0.25) is 0 Å². The van der Waals surface area contributed by atoms with E-state index < -0.39 is 119 Å². The fraction of sp³-hybridized carbons (Fsp3) is 0.750. The van der Waals surface area contributed by atoms with Gasteiger partial charge in [-0.1, -0.05) is 12.5 Å². The average Bonchev–Trinajstić information content (AvgIpc) is 3.29. The van der Waals surface area contributed by atoms with Gasteiger partial charge in [-0.3, -0.25) is 14.4 Å². The van der Waals surface area contributed by atoms with E-state index in [0.717, 1.165) is 7.11 Å². The lowest BCUT2D eigenvalue weighted by molar-refractivity contribution is -0.294. The zero-order valence-corrected chi connectivity index (χ0v) is 26.7. The van der Waals surface area contributed by atoms with Crippen molar-refractivity contribution < 1.29 is 73.5 Å². The first-order valence-corrected chi connectivity index (χ1v) is 15.7. The van der Waals surface area contributed by atoms with Crippen LogP contribution in [-0.4, -0.2) is 129 Å². The number of carbonyl (C=O) groups is 4. The molecule has 2 saturated carbocycles. The van der Waals surface area contributed by atoms with Crippen LogP contribution in [0.5, 0.6) is 0 Å². The summed E-state index contributed by atoms with van der Waals surface area (Å²) in [7, 11) is 1.10. The molecule has 1 spiro atoms. The molecule has 6 rings (SSSR count). The Morgan fingerprint density at radius 1 is 1.04 bits per heavy atom. The number of fused-ring (bicyclic) bond motifs is 2. The van der Waals surface area contributed by atoms with E-state index in [1.54, 1.807) is 20.8 Å². The van der Waals surface area contributed by atoms with E-state index in [0.29, 0.717) is 5.57 Å². The van der Waals surface area contributed by atoms with Gasteiger partial charge in [-0.15, -0.1) is 0 Å². The zero-order chi connectivity index (χ0) is 34.5. The summed E-state index contributed by atoms with van der Waals surface area (Å²) in [6, 6.07) is 0. The number of ketones is 2. The Morgan fingerprint density at radius 2 is 1.72 bits per heavy atom. The van der Waals surface area contributed by atoms with Crippen LogP contribution in [-0.2, 0) is 42.9 Å². The third-order valence-corrected chi connectivity index (χ3v) is 11.6. The highest BCUT2D eigenvalue weighted by atomic mass is 16.7. The van der Waals surface area contributed by atoms with Crippen molar-refractivity contribution >= 4 is 23.5 Å². The number of aliphatic hydroxyl groups excluding tert-OH is 6. The molecule has 15 atom stereocenters. The molecule has 2 bridgehead atoms. The molecule has 47 heavy (non-hydrogen) atoms. The molecule has 15 nitrogen and oxygen atoms in total. The number of hydrogen-bond donors (Lipinski definition) is 6. The quantitative estimate of drug-likeness (QED) is 0.133. The summed E-state index contributed by atoms with van der Waals surface area (Å²) >= 11 is 0. The molecule has 0 aromatic heterocycles. The molecule has 3 aliphatic heterocycles. The summed E-state index contributed by atoms with van der Waals surface area (Å²) in [6.07, 6.45) is -12.5. The van der Waals surface area contributed by atoms with Gasteiger partial charge in [0.25, 0.3) is 0 Å². The first-order valence-electron chi connectivity index (χ1n) is 15.7. The predicted octanol–water partition coefficient (Wildman–Crippen LogP) is -1.95. The second kappa shape index (κ2) is 11.4. The Labute approximate surface area is 270 Å². The molecule has 15 heteroatoms. The second-order valence-electron chi connectivity index (χ2n) is 14.3. The highest BCUT2D eigenvalue weighted by Gasteiger charge is 2.84. The molecule has 0 radical (unpaired) electrons. The smallest absolute Gasteiger partial charge is 0.341 e. The van der Waals surface area contributed by atoms with E-state index in [2.05, 4.69) is 0 Å². The Bertz CT molecular complexity index is 1430. The molecule has 260 valence electrons. The monoisotopic (exact) mass is 666 g/mol. The molecule has 6 N–H and O–H groups in total. The lowest BCUT2D eigenvalue weighted by Gasteiger charge is -2.68. The highest BCUT2D eigenvalue weighted by molar-refractivity contribution is 5.98. The van der Waals surface area contributed by atoms with Crippen LogP contribution in [0.15, 0.2) is 23.0 Å². The maximum atomic E-state index is 14.3. The van der Waals surface area contributed by atoms with E-state index >= 15 is 0 Å². The van der Waals surface area contributed by atoms with Crippen molar-refractivity contribution in [3.8, 4) is 0 Å². The number of Topliss-reactive ketones (excluding diaryl/α,β-unsaturated/α-hetero) is 1. The third kappa shape index (κ3) is 4.40. The molecule has 0 aromatic carbocycles. The minimum absolute atomic E-state index is 0.194. The predicted molar refractivity (Wildman–Crippen MR) is 153 cm³/mol. The number of methoxy groups -OCH3 is 1. The number of rotatable bonds is 6. The lowest BCUT2D eigenvalue weighted by Crippen LogP contribution is -2.78. The number of aliphatic hydroxyl groups is 6. The highest BCUT2D eigenvalue weighted by Crippen LogP contribution is 2.74. The van der Waals surface area contributed by atoms with Gasteiger partial charge in [0.05, 0.1) is 38.8 Å². The number of allylic oxidation sites excluding steroid dienone is 4. The van der Waals surface area contributed by atoms with Crippen LogP contribution in [0.1, 0.15) is 40.5 Å². The molecule has 0 amide bonds. The Kier molecular flexibility index (Phi) is 8.28.